The summed E-state index contributed by atoms with van der Waals surface area (Å²) in [4.78, 5) is 10.4. The third-order valence-corrected chi connectivity index (χ3v) is 2.19. The number of nitrogens with zero attached hydrogens (tertiary/aromatic N) is 2. The second-order valence-electron chi connectivity index (χ2n) is 3.57. The van der Waals surface area contributed by atoms with Crippen LogP contribution < -0.4 is 0 Å². The van der Waals surface area contributed by atoms with E-state index in [1.807, 2.05) is 0 Å². The molecule has 16 heavy (non-hydrogen) atoms. The molecule has 4 nitrogen and oxygen atoms in total. The molecule has 1 unspecified atom stereocenters. The number of aryl methyl sites for hydroxylation is 1. The molecule has 0 amide bonds. The van der Waals surface area contributed by atoms with Crippen molar-refractivity contribution in [3.63, 3.8) is 0 Å². The van der Waals surface area contributed by atoms with Crippen LogP contribution in [-0.2, 0) is 18.0 Å². The highest BCUT2D eigenvalue weighted by molar-refractivity contribution is 5.67. The van der Waals surface area contributed by atoms with Gasteiger partial charge in [0.15, 0.2) is 5.69 Å². The number of carboxylic acids is 1. The van der Waals surface area contributed by atoms with Crippen LogP contribution in [0.5, 0.6) is 0 Å². The molecule has 1 N–H and O–H groups in total. The summed E-state index contributed by atoms with van der Waals surface area (Å²) in [6.07, 6.45) is -4.73. The molecule has 7 heteroatoms. The molecule has 1 aromatic heterocycles. The summed E-state index contributed by atoms with van der Waals surface area (Å²) in [6.45, 7) is 1.55. The van der Waals surface area contributed by atoms with Gasteiger partial charge in [-0.15, -0.1) is 0 Å². The van der Waals surface area contributed by atoms with Gasteiger partial charge in [-0.2, -0.15) is 18.3 Å². The lowest BCUT2D eigenvalue weighted by Gasteiger charge is -2.07. The number of carbonyl (C=O) groups is 1. The van der Waals surface area contributed by atoms with Crippen molar-refractivity contribution < 1.29 is 23.1 Å². The summed E-state index contributed by atoms with van der Waals surface area (Å²) in [7, 11) is 1.36. The number of alkyl halides is 3. The zero-order valence-corrected chi connectivity index (χ0v) is 8.75. The summed E-state index contributed by atoms with van der Waals surface area (Å²) in [6, 6.07) is 0.883. The first-order chi connectivity index (χ1) is 7.21. The van der Waals surface area contributed by atoms with Crippen molar-refractivity contribution >= 4 is 5.97 Å². The fraction of sp³-hybridized carbons (Fsp3) is 0.556. The second-order valence-corrected chi connectivity index (χ2v) is 3.57. The Morgan fingerprint density at radius 3 is 2.56 bits per heavy atom. The molecule has 0 aromatic carbocycles. The van der Waals surface area contributed by atoms with E-state index >= 15 is 0 Å². The number of rotatable bonds is 3. The molecular weight excluding hydrogens is 225 g/mol. The first-order valence-corrected chi connectivity index (χ1v) is 4.54. The molecule has 0 fully saturated rings. The lowest BCUT2D eigenvalue weighted by molar-refractivity contribution is -0.141. The van der Waals surface area contributed by atoms with Crippen LogP contribution in [0, 0.1) is 0 Å². The predicted molar refractivity (Wildman–Crippen MR) is 48.9 cm³/mol. The molecular formula is C9H11F3N2O2. The minimum atomic E-state index is -4.50. The van der Waals surface area contributed by atoms with Crippen molar-refractivity contribution in [1.82, 2.24) is 9.78 Å². The second kappa shape index (κ2) is 4.15. The van der Waals surface area contributed by atoms with E-state index < -0.39 is 23.8 Å². The van der Waals surface area contributed by atoms with Gasteiger partial charge in [0.1, 0.15) is 0 Å². The van der Waals surface area contributed by atoms with Gasteiger partial charge in [0, 0.05) is 18.7 Å². The Hall–Kier alpha value is -1.53. The maximum absolute atomic E-state index is 12.3. The molecule has 1 rings (SSSR count). The quantitative estimate of drug-likeness (QED) is 0.873. The lowest BCUT2D eigenvalue weighted by Crippen LogP contribution is -2.08. The Morgan fingerprint density at radius 2 is 2.19 bits per heavy atom. The Labute approximate surface area is 89.7 Å². The normalized spacial score (nSPS) is 13.8. The van der Waals surface area contributed by atoms with Crippen molar-refractivity contribution in [2.45, 2.75) is 25.4 Å². The third-order valence-electron chi connectivity index (χ3n) is 2.19. The molecule has 0 spiro atoms. The molecule has 0 aliphatic rings. The smallest absolute Gasteiger partial charge is 0.435 e. The van der Waals surface area contributed by atoms with E-state index in [4.69, 9.17) is 5.11 Å². The number of hydrogen-bond acceptors (Lipinski definition) is 2. The first kappa shape index (κ1) is 12.5. The highest BCUT2D eigenvalue weighted by atomic mass is 19.4. The van der Waals surface area contributed by atoms with Gasteiger partial charge in [-0.05, 0) is 6.07 Å². The summed E-state index contributed by atoms with van der Waals surface area (Å²) < 4.78 is 38.0. The molecule has 1 aromatic rings. The standard InChI is InChI=1S/C9H11F3N2O2/c1-5(3-8(15)16)6-4-7(9(10,11)12)13-14(6)2/h4-5H,3H2,1-2H3,(H,15,16). The minimum absolute atomic E-state index is 0.225. The number of carboxylic acid groups (broad SMARTS) is 1. The van der Waals surface area contributed by atoms with E-state index in [-0.39, 0.29) is 12.1 Å². The highest BCUT2D eigenvalue weighted by Gasteiger charge is 2.35. The van der Waals surface area contributed by atoms with Gasteiger partial charge in [-0.25, -0.2) is 0 Å². The zero-order valence-electron chi connectivity index (χ0n) is 8.75. The number of aromatic nitrogens is 2. The SMILES string of the molecule is CC(CC(=O)O)c1cc(C(F)(F)F)nn1C. The molecule has 90 valence electrons. The maximum Gasteiger partial charge on any atom is 0.435 e. The van der Waals surface area contributed by atoms with Crippen molar-refractivity contribution in [1.29, 1.82) is 0 Å². The van der Waals surface area contributed by atoms with Gasteiger partial charge in [-0.3, -0.25) is 9.48 Å². The third kappa shape index (κ3) is 2.74. The van der Waals surface area contributed by atoms with Crippen LogP contribution in [0.3, 0.4) is 0 Å². The number of hydrogen-bond donors (Lipinski definition) is 1. The van der Waals surface area contributed by atoms with E-state index in [1.54, 1.807) is 6.92 Å². The van der Waals surface area contributed by atoms with Crippen LogP contribution in [0.1, 0.15) is 30.7 Å². The monoisotopic (exact) mass is 236 g/mol. The summed E-state index contributed by atoms with van der Waals surface area (Å²) in [5.74, 6) is -1.56. The van der Waals surface area contributed by atoms with Crippen LogP contribution in [0.15, 0.2) is 6.07 Å². The fourth-order valence-electron chi connectivity index (χ4n) is 1.45. The van der Waals surface area contributed by atoms with Gasteiger partial charge in [0.25, 0.3) is 0 Å². The average molecular weight is 236 g/mol. The number of aliphatic carboxylic acids is 1. The molecule has 1 atom stereocenters. The molecule has 0 saturated carbocycles. The summed E-state index contributed by atoms with van der Waals surface area (Å²) >= 11 is 0. The molecule has 0 aliphatic heterocycles. The predicted octanol–water partition coefficient (Wildman–Crippen LogP) is 2.02. The van der Waals surface area contributed by atoms with Gasteiger partial charge in [0.2, 0.25) is 0 Å². The summed E-state index contributed by atoms with van der Waals surface area (Å²) in [5, 5.41) is 11.9. The van der Waals surface area contributed by atoms with Gasteiger partial charge >= 0.3 is 12.1 Å². The molecule has 0 saturated heterocycles. The molecule has 0 radical (unpaired) electrons. The van der Waals surface area contributed by atoms with E-state index in [0.29, 0.717) is 0 Å². The Kier molecular flexibility index (Phi) is 3.25. The highest BCUT2D eigenvalue weighted by Crippen LogP contribution is 2.30. The Bertz CT molecular complexity index is 398. The van der Waals surface area contributed by atoms with Crippen molar-refractivity contribution in [3.8, 4) is 0 Å². The summed E-state index contributed by atoms with van der Waals surface area (Å²) in [5.41, 5.74) is -0.739. The lowest BCUT2D eigenvalue weighted by atomic mass is 10.0. The largest absolute Gasteiger partial charge is 0.481 e. The van der Waals surface area contributed by atoms with Crippen molar-refractivity contribution in [3.05, 3.63) is 17.5 Å². The van der Waals surface area contributed by atoms with Crippen LogP contribution >= 0.6 is 0 Å². The molecule has 0 bridgehead atoms. The van der Waals surface area contributed by atoms with Crippen LogP contribution in [-0.4, -0.2) is 20.9 Å². The molecule has 1 heterocycles. The van der Waals surface area contributed by atoms with Crippen LogP contribution in [0.2, 0.25) is 0 Å². The van der Waals surface area contributed by atoms with Gasteiger partial charge in [0.05, 0.1) is 6.42 Å². The number of halogens is 3. The van der Waals surface area contributed by atoms with E-state index in [9.17, 15) is 18.0 Å². The van der Waals surface area contributed by atoms with Crippen LogP contribution in [0.25, 0.3) is 0 Å². The topological polar surface area (TPSA) is 55.1 Å². The minimum Gasteiger partial charge on any atom is -0.481 e. The van der Waals surface area contributed by atoms with E-state index in [1.165, 1.54) is 7.05 Å². The van der Waals surface area contributed by atoms with E-state index in [0.717, 1.165) is 10.7 Å². The van der Waals surface area contributed by atoms with Crippen molar-refractivity contribution in [2.75, 3.05) is 0 Å². The first-order valence-electron chi connectivity index (χ1n) is 4.54. The average Bonchev–Trinajstić information content (AvgIpc) is 2.44. The maximum atomic E-state index is 12.3. The van der Waals surface area contributed by atoms with Gasteiger partial charge < -0.3 is 5.11 Å². The van der Waals surface area contributed by atoms with E-state index in [2.05, 4.69) is 5.10 Å². The Balaban J connectivity index is 2.98. The van der Waals surface area contributed by atoms with Gasteiger partial charge in [-0.1, -0.05) is 6.92 Å². The fourth-order valence-corrected chi connectivity index (χ4v) is 1.45. The molecule has 0 aliphatic carbocycles. The van der Waals surface area contributed by atoms with Crippen molar-refractivity contribution in [2.24, 2.45) is 7.05 Å². The zero-order chi connectivity index (χ0) is 12.5. The van der Waals surface area contributed by atoms with Crippen LogP contribution in [0.4, 0.5) is 13.2 Å². The Morgan fingerprint density at radius 1 is 1.62 bits per heavy atom.